The van der Waals surface area contributed by atoms with E-state index in [4.69, 9.17) is 4.74 Å². The van der Waals surface area contributed by atoms with Crippen molar-refractivity contribution >= 4 is 40.6 Å². The molecule has 2 aliphatic rings. The minimum atomic E-state index is -0.938. The Balaban J connectivity index is 1.90. The van der Waals surface area contributed by atoms with Crippen molar-refractivity contribution in [2.45, 2.75) is 65.5 Å². The third-order valence-electron chi connectivity index (χ3n) is 5.86. The third kappa shape index (κ3) is 4.00. The van der Waals surface area contributed by atoms with E-state index in [1.54, 1.807) is 13.0 Å². The first-order valence-electron chi connectivity index (χ1n) is 10.5. The molecule has 0 radical (unpaired) electrons. The van der Waals surface area contributed by atoms with E-state index in [0.717, 1.165) is 35.2 Å². The van der Waals surface area contributed by atoms with Crippen LogP contribution in [0.25, 0.3) is 6.08 Å². The van der Waals surface area contributed by atoms with E-state index in [2.05, 4.69) is 44.7 Å². The van der Waals surface area contributed by atoms with Gasteiger partial charge in [-0.1, -0.05) is 13.0 Å². The quantitative estimate of drug-likeness (QED) is 0.494. The first-order valence-corrected chi connectivity index (χ1v) is 11.3. The highest BCUT2D eigenvalue weighted by Gasteiger charge is 2.41. The lowest BCUT2D eigenvalue weighted by Gasteiger charge is -2.47. The van der Waals surface area contributed by atoms with Crippen LogP contribution in [0, 0.1) is 0 Å². The van der Waals surface area contributed by atoms with Crippen molar-refractivity contribution in [3.8, 4) is 0 Å². The highest BCUT2D eigenvalue weighted by molar-refractivity contribution is 8.18. The smallest absolute Gasteiger partial charge is 0.329 e. The number of thioether (sulfide) groups is 1. The van der Waals surface area contributed by atoms with Crippen LogP contribution in [0.1, 0.15) is 65.0 Å². The number of fused-ring (bicyclic) bond motifs is 1. The molecule has 7 heteroatoms. The molecule has 0 bridgehead atoms. The highest BCUT2D eigenvalue weighted by Crippen LogP contribution is 2.44. The average Bonchev–Trinajstić information content (AvgIpc) is 2.94. The number of rotatable bonds is 5. The molecule has 1 fully saturated rings. The van der Waals surface area contributed by atoms with Gasteiger partial charge in [-0.05, 0) is 88.1 Å². The first kappa shape index (κ1) is 22.4. The fourth-order valence-electron chi connectivity index (χ4n) is 4.53. The minimum absolute atomic E-state index is 0.0918. The number of imide groups is 1. The normalized spacial score (nSPS) is 23.0. The molecule has 2 amide bonds. The molecule has 6 nitrogen and oxygen atoms in total. The van der Waals surface area contributed by atoms with Crippen molar-refractivity contribution in [3.05, 3.63) is 34.2 Å². The van der Waals surface area contributed by atoms with Crippen LogP contribution in [0.5, 0.6) is 0 Å². The molecule has 30 heavy (non-hydrogen) atoms. The summed E-state index contributed by atoms with van der Waals surface area (Å²) in [6, 6.07) is 5.26. The Kier molecular flexibility index (Phi) is 6.32. The van der Waals surface area contributed by atoms with Crippen LogP contribution in [0.3, 0.4) is 0 Å². The summed E-state index contributed by atoms with van der Waals surface area (Å²) in [6.45, 7) is 13.3. The van der Waals surface area contributed by atoms with Gasteiger partial charge in [0.15, 0.2) is 0 Å². The fraction of sp³-hybridized carbons (Fsp3) is 0.522. The van der Waals surface area contributed by atoms with E-state index in [9.17, 15) is 14.4 Å². The number of anilines is 1. The number of hydrogen-bond donors (Lipinski definition) is 0. The van der Waals surface area contributed by atoms with E-state index < -0.39 is 23.2 Å². The Hall–Kier alpha value is -2.28. The molecule has 0 aromatic heterocycles. The van der Waals surface area contributed by atoms with Gasteiger partial charge in [-0.2, -0.15) is 0 Å². The van der Waals surface area contributed by atoms with Crippen LogP contribution >= 0.6 is 11.8 Å². The number of carbonyl (C=O) groups excluding carboxylic acids is 3. The summed E-state index contributed by atoms with van der Waals surface area (Å²) in [7, 11) is 0. The molecule has 1 saturated heterocycles. The second-order valence-electron chi connectivity index (χ2n) is 8.46. The summed E-state index contributed by atoms with van der Waals surface area (Å²) in [5.74, 6) is -0.636. The van der Waals surface area contributed by atoms with Crippen molar-refractivity contribution in [1.82, 2.24) is 4.90 Å². The van der Waals surface area contributed by atoms with Crippen LogP contribution in [0.15, 0.2) is 23.1 Å². The number of benzene rings is 1. The molecule has 162 valence electrons. The summed E-state index contributed by atoms with van der Waals surface area (Å²) in [5, 5.41) is -0.447. The summed E-state index contributed by atoms with van der Waals surface area (Å²) >= 11 is 0.864. The molecule has 1 aromatic rings. The van der Waals surface area contributed by atoms with Gasteiger partial charge in [-0.15, -0.1) is 0 Å². The third-order valence-corrected chi connectivity index (χ3v) is 6.75. The van der Waals surface area contributed by atoms with E-state index >= 15 is 0 Å². The Bertz CT molecular complexity index is 908. The van der Waals surface area contributed by atoms with Gasteiger partial charge in [-0.25, -0.2) is 4.79 Å². The largest absolute Gasteiger partial charge is 0.464 e. The average molecular weight is 431 g/mol. The number of ether oxygens (including phenoxy) is 1. The second kappa shape index (κ2) is 8.46. The predicted molar refractivity (Wildman–Crippen MR) is 120 cm³/mol. The van der Waals surface area contributed by atoms with Gasteiger partial charge < -0.3 is 9.64 Å². The molecular formula is C23H30N2O4S. The van der Waals surface area contributed by atoms with Crippen molar-refractivity contribution < 1.29 is 19.1 Å². The minimum Gasteiger partial charge on any atom is -0.464 e. The van der Waals surface area contributed by atoms with E-state index in [1.807, 2.05) is 6.07 Å². The van der Waals surface area contributed by atoms with Crippen molar-refractivity contribution in [2.75, 3.05) is 18.1 Å². The van der Waals surface area contributed by atoms with Crippen molar-refractivity contribution in [1.29, 1.82) is 0 Å². The maximum Gasteiger partial charge on any atom is 0.329 e. The lowest BCUT2D eigenvalue weighted by Crippen LogP contribution is -2.48. The maximum atomic E-state index is 12.8. The molecule has 0 saturated carbocycles. The molecule has 3 rings (SSSR count). The van der Waals surface area contributed by atoms with E-state index in [-0.39, 0.29) is 12.1 Å². The highest BCUT2D eigenvalue weighted by atomic mass is 32.2. The summed E-state index contributed by atoms with van der Waals surface area (Å²) < 4.78 is 4.96. The molecule has 2 heterocycles. The molecule has 0 spiro atoms. The van der Waals surface area contributed by atoms with E-state index in [1.165, 1.54) is 18.2 Å². The Morgan fingerprint density at radius 2 is 2.03 bits per heavy atom. The van der Waals surface area contributed by atoms with Gasteiger partial charge in [0.2, 0.25) is 0 Å². The number of hydrogen-bond acceptors (Lipinski definition) is 6. The second-order valence-corrected chi connectivity index (χ2v) is 9.45. The topological polar surface area (TPSA) is 66.9 Å². The number of amides is 2. The molecule has 0 aliphatic carbocycles. The lowest BCUT2D eigenvalue weighted by molar-refractivity contribution is -0.150. The molecule has 1 aromatic carbocycles. The fourth-order valence-corrected chi connectivity index (χ4v) is 5.44. The molecule has 2 aliphatic heterocycles. The van der Waals surface area contributed by atoms with Crippen LogP contribution < -0.4 is 4.90 Å². The summed E-state index contributed by atoms with van der Waals surface area (Å²) in [4.78, 5) is 40.9. The maximum absolute atomic E-state index is 12.8. The summed E-state index contributed by atoms with van der Waals surface area (Å²) in [5.41, 5.74) is 3.45. The number of nitrogens with zero attached hydrogens (tertiary/aromatic N) is 2. The van der Waals surface area contributed by atoms with Crippen LogP contribution in [0.2, 0.25) is 0 Å². The molecular weight excluding hydrogens is 400 g/mol. The Morgan fingerprint density at radius 1 is 1.33 bits per heavy atom. The molecule has 2 atom stereocenters. The van der Waals surface area contributed by atoms with Crippen molar-refractivity contribution in [2.24, 2.45) is 0 Å². The van der Waals surface area contributed by atoms with Crippen LogP contribution in [-0.2, 0) is 14.3 Å². The lowest BCUT2D eigenvalue weighted by atomic mass is 9.79. The van der Waals surface area contributed by atoms with Gasteiger partial charge in [0.1, 0.15) is 6.04 Å². The van der Waals surface area contributed by atoms with E-state index in [0.29, 0.717) is 10.8 Å². The van der Waals surface area contributed by atoms with Gasteiger partial charge in [0.25, 0.3) is 11.1 Å². The standard InChI is InChI=1S/C23H30N2O4S/c1-7-24-18-10-9-16(11-17(18)14(3)13-23(24,5)6)12-19-20(26)25(22(28)30-19)15(4)21(27)29-8-2/h9-12,14-15H,7-8,13H2,1-6H3/b19-12-. The SMILES string of the molecule is CCOC(=O)C(C)N1C(=O)S/C(=C\c2ccc3c(c2)C(C)CC(C)(C)N3CC)C1=O. The zero-order valence-corrected chi connectivity index (χ0v) is 19.3. The zero-order chi connectivity index (χ0) is 22.2. The van der Waals surface area contributed by atoms with Crippen molar-refractivity contribution in [3.63, 3.8) is 0 Å². The molecule has 0 N–H and O–H groups in total. The Labute approximate surface area is 182 Å². The first-order chi connectivity index (χ1) is 14.1. The summed E-state index contributed by atoms with van der Waals surface area (Å²) in [6.07, 6.45) is 2.79. The monoisotopic (exact) mass is 430 g/mol. The predicted octanol–water partition coefficient (Wildman–Crippen LogP) is 4.79. The van der Waals surface area contributed by atoms with Gasteiger partial charge in [0.05, 0.1) is 11.5 Å². The zero-order valence-electron chi connectivity index (χ0n) is 18.5. The van der Waals surface area contributed by atoms with Gasteiger partial charge in [-0.3, -0.25) is 14.5 Å². The van der Waals surface area contributed by atoms with Gasteiger partial charge >= 0.3 is 5.97 Å². The number of carbonyl (C=O) groups is 3. The Morgan fingerprint density at radius 3 is 2.67 bits per heavy atom. The van der Waals surface area contributed by atoms with Gasteiger partial charge in [0, 0.05) is 17.8 Å². The number of esters is 1. The van der Waals surface area contributed by atoms with Crippen LogP contribution in [0.4, 0.5) is 10.5 Å². The molecule has 2 unspecified atom stereocenters. The van der Waals surface area contributed by atoms with Crippen LogP contribution in [-0.4, -0.2) is 46.7 Å².